The molecule has 1 amide bonds. The fourth-order valence-electron chi connectivity index (χ4n) is 5.12. The summed E-state index contributed by atoms with van der Waals surface area (Å²) in [5, 5.41) is 3.19. The number of carbonyl (C=O) groups is 1. The zero-order valence-corrected chi connectivity index (χ0v) is 20.8. The second kappa shape index (κ2) is 9.41. The number of ether oxygens (including phenoxy) is 1. The number of nitrogens with zero attached hydrogens (tertiary/aromatic N) is 3. The van der Waals surface area contributed by atoms with E-state index >= 15 is 0 Å². The summed E-state index contributed by atoms with van der Waals surface area (Å²) in [6, 6.07) is 13.4. The molecule has 5 rings (SSSR count). The quantitative estimate of drug-likeness (QED) is 0.589. The molecule has 3 aromatic rings. The fraction of sp³-hybridized carbons (Fsp3) is 0.500. The molecule has 3 heterocycles. The van der Waals surface area contributed by atoms with E-state index in [4.69, 9.17) is 9.72 Å². The molecule has 2 aromatic carbocycles. The first kappa shape index (κ1) is 22.9. The predicted molar refractivity (Wildman–Crippen MR) is 137 cm³/mol. The normalized spacial score (nSPS) is 19.3. The largest absolute Gasteiger partial charge is 0.379 e. The van der Waals surface area contributed by atoms with Gasteiger partial charge in [0.1, 0.15) is 0 Å². The molecule has 0 radical (unpaired) electrons. The van der Waals surface area contributed by atoms with E-state index in [0.717, 1.165) is 61.6 Å². The maximum atomic E-state index is 12.8. The number of hydrogen-bond donors (Lipinski definition) is 1. The van der Waals surface area contributed by atoms with E-state index in [0.29, 0.717) is 12.5 Å². The number of aryl methyl sites for hydroxylation is 2. The lowest BCUT2D eigenvalue weighted by Gasteiger charge is -2.33. The van der Waals surface area contributed by atoms with Gasteiger partial charge in [0, 0.05) is 31.3 Å². The smallest absolute Gasteiger partial charge is 0.223 e. The highest BCUT2D eigenvalue weighted by Crippen LogP contribution is 2.32. The van der Waals surface area contributed by atoms with Crippen LogP contribution in [0.25, 0.3) is 16.7 Å². The van der Waals surface area contributed by atoms with Crippen molar-refractivity contribution < 1.29 is 9.53 Å². The minimum Gasteiger partial charge on any atom is -0.379 e. The van der Waals surface area contributed by atoms with Crippen LogP contribution in [-0.4, -0.2) is 47.8 Å². The number of rotatable bonds is 5. The Morgan fingerprint density at radius 1 is 1.09 bits per heavy atom. The van der Waals surface area contributed by atoms with Crippen molar-refractivity contribution in [2.45, 2.75) is 58.9 Å². The van der Waals surface area contributed by atoms with E-state index in [1.165, 1.54) is 16.7 Å². The molecule has 2 aliphatic heterocycles. The topological polar surface area (TPSA) is 59.4 Å². The number of imidazole rings is 1. The lowest BCUT2D eigenvalue weighted by Crippen LogP contribution is -2.44. The van der Waals surface area contributed by atoms with Gasteiger partial charge in [-0.3, -0.25) is 9.36 Å². The molecule has 6 heteroatoms. The monoisotopic (exact) mass is 460 g/mol. The van der Waals surface area contributed by atoms with Crippen molar-refractivity contribution in [1.29, 1.82) is 0 Å². The predicted octanol–water partition coefficient (Wildman–Crippen LogP) is 4.89. The van der Waals surface area contributed by atoms with Gasteiger partial charge in [0.2, 0.25) is 11.9 Å². The SMILES string of the molecule is Cc1cc2nc(N3CCC(C(=O)NC4CCOC4)CC3)n(-c3cccc(C(C)C)c3)c2cc1C. The summed E-state index contributed by atoms with van der Waals surface area (Å²) >= 11 is 0. The van der Waals surface area contributed by atoms with Gasteiger partial charge in [-0.2, -0.15) is 0 Å². The first-order chi connectivity index (χ1) is 16.4. The van der Waals surface area contributed by atoms with Gasteiger partial charge in [0.15, 0.2) is 0 Å². The Balaban J connectivity index is 1.45. The van der Waals surface area contributed by atoms with Crippen LogP contribution in [0, 0.1) is 19.8 Å². The van der Waals surface area contributed by atoms with Gasteiger partial charge in [-0.05, 0) is 80.0 Å². The lowest BCUT2D eigenvalue weighted by atomic mass is 9.95. The number of amides is 1. The van der Waals surface area contributed by atoms with Crippen LogP contribution in [0.4, 0.5) is 5.95 Å². The molecule has 1 unspecified atom stereocenters. The van der Waals surface area contributed by atoms with Crippen molar-refractivity contribution >= 4 is 22.9 Å². The van der Waals surface area contributed by atoms with Gasteiger partial charge < -0.3 is 15.0 Å². The van der Waals surface area contributed by atoms with Crippen molar-refractivity contribution in [3.63, 3.8) is 0 Å². The van der Waals surface area contributed by atoms with Crippen molar-refractivity contribution in [3.8, 4) is 5.69 Å². The molecule has 0 spiro atoms. The van der Waals surface area contributed by atoms with E-state index < -0.39 is 0 Å². The van der Waals surface area contributed by atoms with Crippen LogP contribution in [0.2, 0.25) is 0 Å². The van der Waals surface area contributed by atoms with Gasteiger partial charge in [-0.25, -0.2) is 4.98 Å². The maximum Gasteiger partial charge on any atom is 0.223 e. The fourth-order valence-corrected chi connectivity index (χ4v) is 5.12. The molecule has 0 saturated carbocycles. The number of nitrogens with one attached hydrogen (secondary N) is 1. The van der Waals surface area contributed by atoms with Crippen LogP contribution >= 0.6 is 0 Å². The van der Waals surface area contributed by atoms with Crippen LogP contribution < -0.4 is 10.2 Å². The lowest BCUT2D eigenvalue weighted by molar-refractivity contribution is -0.126. The van der Waals surface area contributed by atoms with Crippen LogP contribution in [0.15, 0.2) is 36.4 Å². The third-order valence-corrected chi connectivity index (χ3v) is 7.47. The molecule has 34 heavy (non-hydrogen) atoms. The first-order valence-corrected chi connectivity index (χ1v) is 12.6. The Hall–Kier alpha value is -2.86. The molecule has 1 atom stereocenters. The van der Waals surface area contributed by atoms with Crippen LogP contribution in [0.1, 0.15) is 55.7 Å². The highest BCUT2D eigenvalue weighted by atomic mass is 16.5. The van der Waals surface area contributed by atoms with Gasteiger partial charge in [-0.1, -0.05) is 26.0 Å². The Morgan fingerprint density at radius 2 is 1.85 bits per heavy atom. The minimum atomic E-state index is 0.0587. The highest BCUT2D eigenvalue weighted by Gasteiger charge is 2.30. The average Bonchev–Trinajstić information content (AvgIpc) is 3.47. The summed E-state index contributed by atoms with van der Waals surface area (Å²) in [4.78, 5) is 20.3. The molecule has 2 saturated heterocycles. The van der Waals surface area contributed by atoms with Gasteiger partial charge >= 0.3 is 0 Å². The number of benzene rings is 2. The molecule has 1 N–H and O–H groups in total. The average molecular weight is 461 g/mol. The summed E-state index contributed by atoms with van der Waals surface area (Å²) in [5.41, 5.74) is 7.15. The Labute approximate surface area is 202 Å². The Bertz CT molecular complexity index is 1180. The van der Waals surface area contributed by atoms with Crippen molar-refractivity contribution in [2.75, 3.05) is 31.2 Å². The van der Waals surface area contributed by atoms with Gasteiger partial charge in [0.25, 0.3) is 0 Å². The van der Waals surface area contributed by atoms with E-state index in [1.54, 1.807) is 0 Å². The first-order valence-electron chi connectivity index (χ1n) is 12.6. The Morgan fingerprint density at radius 3 is 2.56 bits per heavy atom. The molecule has 180 valence electrons. The van der Waals surface area contributed by atoms with E-state index in [-0.39, 0.29) is 17.9 Å². The molecule has 1 aromatic heterocycles. The van der Waals surface area contributed by atoms with E-state index in [1.807, 2.05) is 0 Å². The number of carbonyl (C=O) groups excluding carboxylic acids is 1. The summed E-state index contributed by atoms with van der Waals surface area (Å²) < 4.78 is 7.72. The maximum absolute atomic E-state index is 12.8. The van der Waals surface area contributed by atoms with Crippen molar-refractivity contribution in [3.05, 3.63) is 53.1 Å². The molecule has 0 bridgehead atoms. The second-order valence-electron chi connectivity index (χ2n) is 10.3. The van der Waals surface area contributed by atoms with Gasteiger partial charge in [0.05, 0.1) is 23.7 Å². The van der Waals surface area contributed by atoms with Crippen LogP contribution in [0.5, 0.6) is 0 Å². The number of aromatic nitrogens is 2. The van der Waals surface area contributed by atoms with E-state index in [2.05, 4.69) is 78.9 Å². The van der Waals surface area contributed by atoms with Gasteiger partial charge in [-0.15, -0.1) is 0 Å². The number of anilines is 1. The number of fused-ring (bicyclic) bond motifs is 1. The molecular formula is C28H36N4O2. The van der Waals surface area contributed by atoms with Crippen molar-refractivity contribution in [1.82, 2.24) is 14.9 Å². The minimum absolute atomic E-state index is 0.0587. The number of hydrogen-bond acceptors (Lipinski definition) is 4. The van der Waals surface area contributed by atoms with Crippen LogP contribution in [-0.2, 0) is 9.53 Å². The van der Waals surface area contributed by atoms with Crippen LogP contribution in [0.3, 0.4) is 0 Å². The second-order valence-corrected chi connectivity index (χ2v) is 10.3. The summed E-state index contributed by atoms with van der Waals surface area (Å²) in [6.45, 7) is 11.8. The molecular weight excluding hydrogens is 424 g/mol. The summed E-state index contributed by atoms with van der Waals surface area (Å²) in [5.74, 6) is 1.67. The molecule has 0 aliphatic carbocycles. The Kier molecular flexibility index (Phi) is 6.34. The third kappa shape index (κ3) is 4.43. The van der Waals surface area contributed by atoms with Crippen molar-refractivity contribution in [2.24, 2.45) is 5.92 Å². The molecule has 2 aliphatic rings. The van der Waals surface area contributed by atoms with E-state index in [9.17, 15) is 4.79 Å². The summed E-state index contributed by atoms with van der Waals surface area (Å²) in [7, 11) is 0. The number of piperidine rings is 1. The summed E-state index contributed by atoms with van der Waals surface area (Å²) in [6.07, 6.45) is 2.60. The standard InChI is InChI=1S/C28H36N4O2/c1-18(2)22-6-5-7-24(16-22)32-26-15-20(4)19(3)14-25(26)30-28(32)31-11-8-21(9-12-31)27(33)29-23-10-13-34-17-23/h5-7,14-16,18,21,23H,8-13,17H2,1-4H3,(H,29,33). The molecule has 2 fully saturated rings. The zero-order chi connectivity index (χ0) is 23.8. The molecule has 6 nitrogen and oxygen atoms in total. The third-order valence-electron chi connectivity index (χ3n) is 7.47. The highest BCUT2D eigenvalue weighted by molar-refractivity contribution is 5.83. The zero-order valence-electron chi connectivity index (χ0n) is 20.8.